The van der Waals surface area contributed by atoms with E-state index >= 15 is 0 Å². The number of unbranched alkanes of at least 4 members (excludes halogenated alkanes) is 1. The highest BCUT2D eigenvalue weighted by Gasteiger charge is 2.13. The van der Waals surface area contributed by atoms with E-state index in [0.29, 0.717) is 27.3 Å². The second kappa shape index (κ2) is 10.1. The van der Waals surface area contributed by atoms with E-state index in [9.17, 15) is 4.79 Å². The molecule has 6 nitrogen and oxygen atoms in total. The van der Waals surface area contributed by atoms with Crippen LogP contribution in [0.4, 0.5) is 5.69 Å². The zero-order chi connectivity index (χ0) is 23.4. The topological polar surface area (TPSA) is 71.8 Å². The molecule has 3 aromatic carbocycles. The van der Waals surface area contributed by atoms with E-state index in [-0.39, 0.29) is 11.0 Å². The Balaban J connectivity index is 1.50. The molecule has 0 unspecified atom stereocenters. The van der Waals surface area contributed by atoms with Crippen molar-refractivity contribution in [2.45, 2.75) is 33.1 Å². The van der Waals surface area contributed by atoms with Crippen LogP contribution < -0.4 is 10.6 Å². The summed E-state index contributed by atoms with van der Waals surface area (Å²) in [5.74, 6) is -0.281. The fourth-order valence-electron chi connectivity index (χ4n) is 3.48. The SMILES string of the molecule is CCCCc1ccc(-n2nc3cc(Cl)c(NC(=S)NC(=O)c4ccccc4C)cc3n2)cc1. The number of amides is 1. The van der Waals surface area contributed by atoms with Crippen molar-refractivity contribution in [1.82, 2.24) is 20.3 Å². The Kier molecular flexibility index (Phi) is 7.01. The van der Waals surface area contributed by atoms with E-state index in [4.69, 9.17) is 23.8 Å². The Morgan fingerprint density at radius 3 is 2.45 bits per heavy atom. The molecule has 0 aliphatic rings. The molecule has 4 aromatic rings. The number of halogens is 1. The van der Waals surface area contributed by atoms with E-state index in [1.807, 2.05) is 37.3 Å². The average Bonchev–Trinajstić information content (AvgIpc) is 3.21. The van der Waals surface area contributed by atoms with Gasteiger partial charge < -0.3 is 5.32 Å². The molecule has 1 aromatic heterocycles. The number of nitrogens with zero attached hydrogens (tertiary/aromatic N) is 3. The first-order valence-corrected chi connectivity index (χ1v) is 11.6. The molecule has 0 radical (unpaired) electrons. The molecule has 8 heteroatoms. The molecule has 0 atom stereocenters. The third-order valence-electron chi connectivity index (χ3n) is 5.32. The van der Waals surface area contributed by atoms with Crippen molar-refractivity contribution in [3.05, 3.63) is 82.4 Å². The van der Waals surface area contributed by atoms with Crippen LogP contribution >= 0.6 is 23.8 Å². The number of aromatic nitrogens is 3. The molecule has 4 rings (SSSR count). The number of nitrogens with one attached hydrogen (secondary N) is 2. The number of carbonyl (C=O) groups excluding carboxylic acids is 1. The molecule has 0 aliphatic carbocycles. The van der Waals surface area contributed by atoms with Gasteiger partial charge in [-0.3, -0.25) is 10.1 Å². The van der Waals surface area contributed by atoms with Crippen LogP contribution in [-0.4, -0.2) is 26.0 Å². The second-order valence-electron chi connectivity index (χ2n) is 7.80. The summed E-state index contributed by atoms with van der Waals surface area (Å²) in [4.78, 5) is 14.1. The van der Waals surface area contributed by atoms with Crippen LogP contribution in [0.25, 0.3) is 16.7 Å². The first-order valence-electron chi connectivity index (χ1n) is 10.8. The Morgan fingerprint density at radius 2 is 1.76 bits per heavy atom. The number of fused-ring (bicyclic) bond motifs is 1. The third kappa shape index (κ3) is 5.38. The zero-order valence-corrected chi connectivity index (χ0v) is 20.0. The molecular formula is C25H24ClN5OS. The molecule has 0 bridgehead atoms. The highest BCUT2D eigenvalue weighted by molar-refractivity contribution is 7.80. The van der Waals surface area contributed by atoms with Crippen molar-refractivity contribution >= 4 is 51.6 Å². The van der Waals surface area contributed by atoms with Crippen molar-refractivity contribution in [3.63, 3.8) is 0 Å². The van der Waals surface area contributed by atoms with Gasteiger partial charge in [-0.25, -0.2) is 0 Å². The summed E-state index contributed by atoms with van der Waals surface area (Å²) in [6.45, 7) is 4.06. The molecule has 0 saturated heterocycles. The van der Waals surface area contributed by atoms with Gasteiger partial charge in [-0.15, -0.1) is 10.2 Å². The first-order chi connectivity index (χ1) is 15.9. The number of thiocarbonyl (C=S) groups is 1. The summed E-state index contributed by atoms with van der Waals surface area (Å²) in [7, 11) is 0. The summed E-state index contributed by atoms with van der Waals surface area (Å²) in [6, 6.07) is 19.0. The lowest BCUT2D eigenvalue weighted by atomic mass is 10.1. The molecule has 1 heterocycles. The smallest absolute Gasteiger partial charge is 0.257 e. The van der Waals surface area contributed by atoms with Gasteiger partial charge in [0.05, 0.1) is 16.4 Å². The van der Waals surface area contributed by atoms with Gasteiger partial charge in [0, 0.05) is 5.56 Å². The lowest BCUT2D eigenvalue weighted by molar-refractivity contribution is 0.0977. The maximum absolute atomic E-state index is 12.5. The summed E-state index contributed by atoms with van der Waals surface area (Å²) >= 11 is 11.8. The Labute approximate surface area is 203 Å². The number of hydrogen-bond acceptors (Lipinski definition) is 4. The van der Waals surface area contributed by atoms with Crippen LogP contribution in [0.3, 0.4) is 0 Å². The minimum atomic E-state index is -0.281. The van der Waals surface area contributed by atoms with Crippen LogP contribution in [0.5, 0.6) is 0 Å². The van der Waals surface area contributed by atoms with E-state index in [1.54, 1.807) is 23.0 Å². The van der Waals surface area contributed by atoms with Gasteiger partial charge in [0.2, 0.25) is 0 Å². The van der Waals surface area contributed by atoms with Crippen LogP contribution in [0.1, 0.15) is 41.3 Å². The van der Waals surface area contributed by atoms with Crippen LogP contribution in [-0.2, 0) is 6.42 Å². The zero-order valence-electron chi connectivity index (χ0n) is 18.4. The Morgan fingerprint density at radius 1 is 1.06 bits per heavy atom. The van der Waals surface area contributed by atoms with E-state index in [0.717, 1.165) is 17.7 Å². The van der Waals surface area contributed by atoms with E-state index in [1.165, 1.54) is 18.4 Å². The van der Waals surface area contributed by atoms with Gasteiger partial charge in [0.15, 0.2) is 5.11 Å². The standard InChI is InChI=1S/C25H24ClN5OS/c1-3-4-8-17-10-12-18(13-11-17)31-29-22-14-20(26)21(15-23(22)30-31)27-25(33)28-24(32)19-9-6-5-7-16(19)2/h5-7,9-15H,3-4,8H2,1-2H3,(H2,27,28,32,33). The van der Waals surface area contributed by atoms with Crippen LogP contribution in [0.15, 0.2) is 60.7 Å². The second-order valence-corrected chi connectivity index (χ2v) is 8.62. The molecule has 0 saturated carbocycles. The number of hydrogen-bond donors (Lipinski definition) is 2. The molecule has 0 fully saturated rings. The van der Waals surface area contributed by atoms with Crippen LogP contribution in [0.2, 0.25) is 5.02 Å². The maximum atomic E-state index is 12.5. The molecule has 1 amide bonds. The molecule has 0 aliphatic heterocycles. The number of benzene rings is 3. The molecule has 2 N–H and O–H groups in total. The highest BCUT2D eigenvalue weighted by atomic mass is 35.5. The van der Waals surface area contributed by atoms with Crippen LogP contribution in [0, 0.1) is 6.92 Å². The predicted molar refractivity (Wildman–Crippen MR) is 137 cm³/mol. The van der Waals surface area contributed by atoms with Crippen molar-refractivity contribution in [2.75, 3.05) is 5.32 Å². The quantitative estimate of drug-likeness (QED) is 0.341. The molecule has 33 heavy (non-hydrogen) atoms. The molecule has 0 spiro atoms. The number of rotatable bonds is 6. The van der Waals surface area contributed by atoms with Gasteiger partial charge in [-0.1, -0.05) is 55.3 Å². The molecule has 168 valence electrons. The predicted octanol–water partition coefficient (Wildman–Crippen LogP) is 5.85. The lowest BCUT2D eigenvalue weighted by Crippen LogP contribution is -2.34. The fraction of sp³-hybridized carbons (Fsp3) is 0.200. The highest BCUT2D eigenvalue weighted by Crippen LogP contribution is 2.27. The van der Waals surface area contributed by atoms with Gasteiger partial charge >= 0.3 is 0 Å². The average molecular weight is 478 g/mol. The summed E-state index contributed by atoms with van der Waals surface area (Å²) < 4.78 is 0. The van der Waals surface area contributed by atoms with Gasteiger partial charge in [-0.05, 0) is 73.4 Å². The minimum absolute atomic E-state index is 0.152. The minimum Gasteiger partial charge on any atom is -0.331 e. The van der Waals surface area contributed by atoms with Gasteiger partial charge in [-0.2, -0.15) is 4.80 Å². The Hall–Kier alpha value is -3.29. The normalized spacial score (nSPS) is 10.9. The number of carbonyl (C=O) groups is 1. The fourth-order valence-corrected chi connectivity index (χ4v) is 3.89. The van der Waals surface area contributed by atoms with Crippen molar-refractivity contribution in [3.8, 4) is 5.69 Å². The summed E-state index contributed by atoms with van der Waals surface area (Å²) in [5.41, 5.74) is 5.46. The first kappa shape index (κ1) is 22.9. The third-order valence-corrected chi connectivity index (χ3v) is 5.84. The maximum Gasteiger partial charge on any atom is 0.257 e. The van der Waals surface area contributed by atoms with Crippen molar-refractivity contribution < 1.29 is 4.79 Å². The lowest BCUT2D eigenvalue weighted by Gasteiger charge is -2.11. The van der Waals surface area contributed by atoms with Crippen molar-refractivity contribution in [2.24, 2.45) is 0 Å². The molecular weight excluding hydrogens is 454 g/mol. The largest absolute Gasteiger partial charge is 0.331 e. The van der Waals surface area contributed by atoms with Gasteiger partial charge in [0.25, 0.3) is 5.91 Å². The summed E-state index contributed by atoms with van der Waals surface area (Å²) in [5, 5.41) is 15.4. The number of anilines is 1. The monoisotopic (exact) mass is 477 g/mol. The Bertz CT molecular complexity index is 1320. The van der Waals surface area contributed by atoms with Crippen molar-refractivity contribution in [1.29, 1.82) is 0 Å². The summed E-state index contributed by atoms with van der Waals surface area (Å²) in [6.07, 6.45) is 3.41. The van der Waals surface area contributed by atoms with E-state index < -0.39 is 0 Å². The number of aryl methyl sites for hydroxylation is 2. The van der Waals surface area contributed by atoms with E-state index in [2.05, 4.69) is 39.9 Å². The van der Waals surface area contributed by atoms with Gasteiger partial charge in [0.1, 0.15) is 11.0 Å².